The topological polar surface area (TPSA) is 85.3 Å². The van der Waals surface area contributed by atoms with Crippen molar-refractivity contribution in [3.8, 4) is 0 Å². The molecule has 0 bridgehead atoms. The van der Waals surface area contributed by atoms with Crippen LogP contribution in [-0.4, -0.2) is 72.6 Å². The van der Waals surface area contributed by atoms with Crippen molar-refractivity contribution in [3.05, 3.63) is 0 Å². The first-order valence-electron chi connectivity index (χ1n) is 17.3. The molecule has 1 saturated heterocycles. The number of esters is 2. The molecule has 0 radical (unpaired) electrons. The Bertz CT molecular complexity index is 1150. The van der Waals surface area contributed by atoms with E-state index in [-0.39, 0.29) is 46.5 Å². The van der Waals surface area contributed by atoms with E-state index in [1.807, 2.05) is 19.0 Å². The Morgan fingerprint density at radius 3 is 2.23 bits per heavy atom. The van der Waals surface area contributed by atoms with Gasteiger partial charge in [-0.2, -0.15) is 0 Å². The largest absolute Gasteiger partial charge is 0.461 e. The summed E-state index contributed by atoms with van der Waals surface area (Å²) in [5.74, 6) is 1.96. The minimum atomic E-state index is -1.16. The number of likely N-dealkylation sites (N-methyl/N-ethyl adjacent to an activating group) is 1. The molecule has 7 nitrogen and oxygen atoms in total. The number of ether oxygens (including phenoxy) is 3. The normalized spacial score (nSPS) is 48.6. The van der Waals surface area contributed by atoms with Crippen LogP contribution in [0.25, 0.3) is 0 Å². The first-order chi connectivity index (χ1) is 19.9. The van der Waals surface area contributed by atoms with E-state index in [1.54, 1.807) is 13.8 Å². The average molecular weight is 602 g/mol. The SMILES string of the molecule is CC(=O)O[C@@H](C1CCC2C(C[C@@]3(C)[C@H]4CCC5C(C)(C)[C@@H](OC(=O)CN(C)C)CC[C@@]56[C@@H](C)[C@@]46CC[C@]23C)O1)C(C)(C)O. The van der Waals surface area contributed by atoms with Crippen LogP contribution >= 0.6 is 0 Å². The van der Waals surface area contributed by atoms with Gasteiger partial charge in [0, 0.05) is 12.3 Å². The van der Waals surface area contributed by atoms with Gasteiger partial charge in [0.2, 0.25) is 0 Å². The van der Waals surface area contributed by atoms with Crippen LogP contribution in [0.5, 0.6) is 0 Å². The van der Waals surface area contributed by atoms with Crippen molar-refractivity contribution >= 4 is 11.9 Å². The molecule has 6 aliphatic rings. The summed E-state index contributed by atoms with van der Waals surface area (Å²) in [5, 5.41) is 10.9. The van der Waals surface area contributed by atoms with Crippen LogP contribution in [0, 0.1) is 50.7 Å². The van der Waals surface area contributed by atoms with Gasteiger partial charge >= 0.3 is 11.9 Å². The molecular weight excluding hydrogens is 542 g/mol. The van der Waals surface area contributed by atoms with Gasteiger partial charge in [-0.15, -0.1) is 0 Å². The fourth-order valence-corrected chi connectivity index (χ4v) is 13.2. The van der Waals surface area contributed by atoms with Gasteiger partial charge in [-0.05, 0) is 131 Å². The van der Waals surface area contributed by atoms with Crippen LogP contribution in [0.15, 0.2) is 0 Å². The van der Waals surface area contributed by atoms with Crippen LogP contribution in [0.3, 0.4) is 0 Å². The van der Waals surface area contributed by atoms with Crippen molar-refractivity contribution in [2.24, 2.45) is 50.7 Å². The predicted molar refractivity (Wildman–Crippen MR) is 165 cm³/mol. The van der Waals surface area contributed by atoms with Gasteiger partial charge in [0.1, 0.15) is 6.10 Å². The van der Waals surface area contributed by atoms with E-state index in [4.69, 9.17) is 14.2 Å². The first-order valence-corrected chi connectivity index (χ1v) is 17.3. The van der Waals surface area contributed by atoms with E-state index < -0.39 is 11.7 Å². The molecule has 0 aromatic carbocycles. The quantitative estimate of drug-likeness (QED) is 0.374. The molecular formula is C36H59NO6. The summed E-state index contributed by atoms with van der Waals surface area (Å²) in [7, 11) is 3.85. The van der Waals surface area contributed by atoms with Gasteiger partial charge in [-0.25, -0.2) is 0 Å². The highest BCUT2D eigenvalue weighted by molar-refractivity contribution is 5.71. The molecule has 7 heteroatoms. The third kappa shape index (κ3) is 4.21. The highest BCUT2D eigenvalue weighted by atomic mass is 16.6. The molecule has 0 aromatic rings. The number of carbonyl (C=O) groups excluding carboxylic acids is 2. The van der Waals surface area contributed by atoms with Gasteiger partial charge in [0.15, 0.2) is 6.10 Å². The van der Waals surface area contributed by atoms with E-state index in [9.17, 15) is 14.7 Å². The lowest BCUT2D eigenvalue weighted by atomic mass is 9.42. The second-order valence-corrected chi connectivity index (χ2v) is 17.7. The summed E-state index contributed by atoms with van der Waals surface area (Å²) in [6, 6.07) is 0. The van der Waals surface area contributed by atoms with Crippen LogP contribution in [-0.2, 0) is 23.8 Å². The second-order valence-electron chi connectivity index (χ2n) is 17.7. The third-order valence-corrected chi connectivity index (χ3v) is 15.0. The van der Waals surface area contributed by atoms with Crippen LogP contribution < -0.4 is 0 Å². The molecule has 0 aromatic heterocycles. The van der Waals surface area contributed by atoms with E-state index >= 15 is 0 Å². The molecule has 0 amide bonds. The molecule has 12 atom stereocenters. The molecule has 5 saturated carbocycles. The number of hydrogen-bond donors (Lipinski definition) is 1. The van der Waals surface area contributed by atoms with Crippen molar-refractivity contribution in [2.75, 3.05) is 20.6 Å². The summed E-state index contributed by atoms with van der Waals surface area (Å²) < 4.78 is 18.8. The zero-order valence-corrected chi connectivity index (χ0v) is 28.6. The third-order valence-electron chi connectivity index (χ3n) is 15.0. The van der Waals surface area contributed by atoms with E-state index in [0.717, 1.165) is 25.7 Å². The highest BCUT2D eigenvalue weighted by Gasteiger charge is 2.86. The zero-order valence-electron chi connectivity index (χ0n) is 28.6. The monoisotopic (exact) mass is 601 g/mol. The van der Waals surface area contributed by atoms with Crippen molar-refractivity contribution in [2.45, 2.75) is 143 Å². The number of aliphatic hydroxyl groups is 1. The zero-order chi connectivity index (χ0) is 31.5. The fraction of sp³-hybridized carbons (Fsp3) is 0.944. The van der Waals surface area contributed by atoms with Crippen molar-refractivity contribution < 1.29 is 28.9 Å². The minimum absolute atomic E-state index is 0.0120. The van der Waals surface area contributed by atoms with Gasteiger partial charge in [-0.3, -0.25) is 14.5 Å². The lowest BCUT2D eigenvalue weighted by Crippen LogP contribution is -2.58. The van der Waals surface area contributed by atoms with Crippen LogP contribution in [0.2, 0.25) is 0 Å². The Balaban J connectivity index is 1.25. The highest BCUT2D eigenvalue weighted by Crippen LogP contribution is 2.91. The molecule has 244 valence electrons. The van der Waals surface area contributed by atoms with E-state index in [2.05, 4.69) is 34.6 Å². The molecule has 43 heavy (non-hydrogen) atoms. The number of rotatable bonds is 6. The summed E-state index contributed by atoms with van der Waals surface area (Å²) in [4.78, 5) is 26.6. The van der Waals surface area contributed by atoms with Gasteiger partial charge in [0.05, 0.1) is 24.4 Å². The molecule has 2 spiro atoms. The number of nitrogens with zero attached hydrogens (tertiary/aromatic N) is 1. The standard InChI is InChI=1S/C36H59NO6/c1-21-35-16-15-28(43-29(39)20-37(9)10)31(3,4)26(35)13-14-27-34(8)19-25-23(33(34,7)17-18-36(21,27)35)11-12-24(42-25)30(32(5,6)40)41-22(2)38/h21,23-28,30,40H,11-20H2,1-10H3/t21-,23?,24?,25?,26?,27-,28+,30+,33-,34+,35-,36+/m1/s1. The first kappa shape index (κ1) is 31.8. The van der Waals surface area contributed by atoms with E-state index in [0.29, 0.717) is 41.0 Å². The Labute approximate surface area is 260 Å². The smallest absolute Gasteiger partial charge is 0.320 e. The van der Waals surface area contributed by atoms with E-state index in [1.165, 1.54) is 39.0 Å². The average Bonchev–Trinajstić information content (AvgIpc) is 3.31. The Hall–Kier alpha value is -1.18. The van der Waals surface area contributed by atoms with Crippen molar-refractivity contribution in [3.63, 3.8) is 0 Å². The van der Waals surface area contributed by atoms with Gasteiger partial charge in [0.25, 0.3) is 0 Å². The summed E-state index contributed by atoms with van der Waals surface area (Å²) in [6.07, 6.45) is 9.26. The maximum Gasteiger partial charge on any atom is 0.320 e. The van der Waals surface area contributed by atoms with Crippen LogP contribution in [0.4, 0.5) is 0 Å². The van der Waals surface area contributed by atoms with Crippen LogP contribution in [0.1, 0.15) is 113 Å². The molecule has 1 aliphatic heterocycles. The number of fused-ring (bicyclic) bond motifs is 4. The maximum absolute atomic E-state index is 12.7. The van der Waals surface area contributed by atoms with Crippen molar-refractivity contribution in [1.29, 1.82) is 0 Å². The van der Waals surface area contributed by atoms with Crippen molar-refractivity contribution in [1.82, 2.24) is 4.90 Å². The Morgan fingerprint density at radius 1 is 0.953 bits per heavy atom. The number of carbonyl (C=O) groups is 2. The fourth-order valence-electron chi connectivity index (χ4n) is 13.2. The predicted octanol–water partition coefficient (Wildman–Crippen LogP) is 6.01. The molecule has 1 heterocycles. The van der Waals surface area contributed by atoms with Gasteiger partial charge in [-0.1, -0.05) is 34.6 Å². The van der Waals surface area contributed by atoms with Gasteiger partial charge < -0.3 is 19.3 Å². The molecule has 6 rings (SSSR count). The molecule has 5 aliphatic carbocycles. The minimum Gasteiger partial charge on any atom is -0.461 e. The number of hydrogen-bond acceptors (Lipinski definition) is 7. The Kier molecular flexibility index (Phi) is 7.33. The second kappa shape index (κ2) is 9.91. The summed E-state index contributed by atoms with van der Waals surface area (Å²) in [6.45, 7) is 17.7. The molecule has 6 fully saturated rings. The lowest BCUT2D eigenvalue weighted by molar-refractivity contribution is -0.201. The molecule has 4 unspecified atom stereocenters. The molecule has 1 N–H and O–H groups in total. The lowest BCUT2D eigenvalue weighted by Gasteiger charge is -2.63. The summed E-state index contributed by atoms with van der Waals surface area (Å²) >= 11 is 0. The summed E-state index contributed by atoms with van der Waals surface area (Å²) in [5.41, 5.74) is -0.0918. The maximum atomic E-state index is 12.7. The Morgan fingerprint density at radius 2 is 1.60 bits per heavy atom.